The Bertz CT molecular complexity index is 429. The number of halogens is 2. The van der Waals surface area contributed by atoms with E-state index in [-0.39, 0.29) is 17.1 Å². The van der Waals surface area contributed by atoms with Crippen molar-refractivity contribution in [3.63, 3.8) is 0 Å². The van der Waals surface area contributed by atoms with Gasteiger partial charge >= 0.3 is 0 Å². The molecule has 0 heterocycles. The maximum absolute atomic E-state index is 13.5. The van der Waals surface area contributed by atoms with Gasteiger partial charge in [0.1, 0.15) is 5.82 Å². The zero-order valence-electron chi connectivity index (χ0n) is 10.00. The summed E-state index contributed by atoms with van der Waals surface area (Å²) in [6, 6.07) is 3.88. The first-order valence-corrected chi connectivity index (χ1v) is 5.51. The van der Waals surface area contributed by atoms with E-state index in [4.69, 9.17) is 11.6 Å². The van der Waals surface area contributed by atoms with E-state index in [0.29, 0.717) is 0 Å². The average molecular weight is 260 g/mol. The van der Waals surface area contributed by atoms with Crippen molar-refractivity contribution in [2.45, 2.75) is 19.4 Å². The highest BCUT2D eigenvalue weighted by Crippen LogP contribution is 2.16. The number of nitrogens with zero attached hydrogens (tertiary/aromatic N) is 1. The molecule has 0 fully saturated rings. The Kier molecular flexibility index (Phi) is 4.11. The molecule has 0 aliphatic rings. The SMILES string of the molecule is CN(CC(C)(C)O)C(=O)c1ccc(Cl)cc1F. The minimum absolute atomic E-state index is 0.0545. The maximum Gasteiger partial charge on any atom is 0.256 e. The number of benzene rings is 1. The highest BCUT2D eigenvalue weighted by molar-refractivity contribution is 6.30. The van der Waals surface area contributed by atoms with Crippen molar-refractivity contribution in [1.29, 1.82) is 0 Å². The van der Waals surface area contributed by atoms with Crippen molar-refractivity contribution in [2.24, 2.45) is 0 Å². The summed E-state index contributed by atoms with van der Waals surface area (Å²) in [6.45, 7) is 3.28. The van der Waals surface area contributed by atoms with Crippen LogP contribution in [0.3, 0.4) is 0 Å². The molecule has 3 nitrogen and oxygen atoms in total. The first-order chi connectivity index (χ1) is 7.70. The molecule has 1 aromatic rings. The van der Waals surface area contributed by atoms with Crippen LogP contribution in [0.1, 0.15) is 24.2 Å². The Hall–Kier alpha value is -1.13. The lowest BCUT2D eigenvalue weighted by molar-refractivity contribution is 0.0365. The minimum atomic E-state index is -1.02. The Morgan fingerprint density at radius 1 is 1.53 bits per heavy atom. The van der Waals surface area contributed by atoms with Gasteiger partial charge in [-0.25, -0.2) is 4.39 Å². The molecule has 1 rings (SSSR count). The first kappa shape index (κ1) is 13.9. The lowest BCUT2D eigenvalue weighted by Gasteiger charge is -2.25. The van der Waals surface area contributed by atoms with E-state index in [0.717, 1.165) is 6.07 Å². The molecule has 0 saturated heterocycles. The van der Waals surface area contributed by atoms with Gasteiger partial charge in [-0.1, -0.05) is 11.6 Å². The summed E-state index contributed by atoms with van der Waals surface area (Å²) in [6.07, 6.45) is 0. The molecule has 0 atom stereocenters. The second-order valence-corrected chi connectivity index (χ2v) is 5.03. The molecule has 17 heavy (non-hydrogen) atoms. The molecule has 1 N–H and O–H groups in total. The third-order valence-electron chi connectivity index (χ3n) is 2.13. The largest absolute Gasteiger partial charge is 0.389 e. The van der Waals surface area contributed by atoms with E-state index < -0.39 is 17.3 Å². The molecule has 0 aliphatic heterocycles. The zero-order chi connectivity index (χ0) is 13.2. The molecular weight excluding hydrogens is 245 g/mol. The van der Waals surface area contributed by atoms with Gasteiger partial charge in [0, 0.05) is 18.6 Å². The van der Waals surface area contributed by atoms with E-state index in [2.05, 4.69) is 0 Å². The fourth-order valence-corrected chi connectivity index (χ4v) is 1.68. The molecule has 0 aliphatic carbocycles. The topological polar surface area (TPSA) is 40.5 Å². The number of hydrogen-bond donors (Lipinski definition) is 1. The Morgan fingerprint density at radius 2 is 2.12 bits per heavy atom. The monoisotopic (exact) mass is 259 g/mol. The van der Waals surface area contributed by atoms with Gasteiger partial charge in [0.2, 0.25) is 0 Å². The lowest BCUT2D eigenvalue weighted by atomic mass is 10.1. The molecule has 0 saturated carbocycles. The van der Waals surface area contributed by atoms with Gasteiger partial charge in [-0.05, 0) is 32.0 Å². The second kappa shape index (κ2) is 5.02. The molecule has 1 amide bonds. The van der Waals surface area contributed by atoms with Crippen molar-refractivity contribution in [1.82, 2.24) is 4.90 Å². The molecule has 0 spiro atoms. The predicted octanol–water partition coefficient (Wildman–Crippen LogP) is 2.32. The number of amides is 1. The van der Waals surface area contributed by atoms with Crippen molar-refractivity contribution in [3.8, 4) is 0 Å². The van der Waals surface area contributed by atoms with Crippen molar-refractivity contribution < 1.29 is 14.3 Å². The van der Waals surface area contributed by atoms with E-state index >= 15 is 0 Å². The summed E-state index contributed by atoms with van der Waals surface area (Å²) in [5, 5.41) is 9.83. The number of likely N-dealkylation sites (N-methyl/N-ethyl adjacent to an activating group) is 1. The quantitative estimate of drug-likeness (QED) is 0.905. The third kappa shape index (κ3) is 3.98. The number of aliphatic hydroxyl groups is 1. The van der Waals surface area contributed by atoms with Gasteiger partial charge in [-0.3, -0.25) is 4.79 Å². The molecule has 0 radical (unpaired) electrons. The van der Waals surface area contributed by atoms with Crippen LogP contribution < -0.4 is 0 Å². The standard InChI is InChI=1S/C12H15ClFNO2/c1-12(2,17)7-15(3)11(16)9-5-4-8(13)6-10(9)14/h4-6,17H,7H2,1-3H3. The smallest absolute Gasteiger partial charge is 0.256 e. The lowest BCUT2D eigenvalue weighted by Crippen LogP contribution is -2.40. The van der Waals surface area contributed by atoms with E-state index in [1.54, 1.807) is 13.8 Å². The van der Waals surface area contributed by atoms with E-state index in [1.807, 2.05) is 0 Å². The van der Waals surface area contributed by atoms with Crippen molar-refractivity contribution >= 4 is 17.5 Å². The summed E-state index contributed by atoms with van der Waals surface area (Å²) >= 11 is 5.60. The van der Waals surface area contributed by atoms with Crippen LogP contribution in [0.5, 0.6) is 0 Å². The van der Waals surface area contributed by atoms with Crippen LogP contribution in [0.2, 0.25) is 5.02 Å². The fourth-order valence-electron chi connectivity index (χ4n) is 1.52. The first-order valence-electron chi connectivity index (χ1n) is 5.13. The van der Waals surface area contributed by atoms with Crippen LogP contribution in [0.15, 0.2) is 18.2 Å². The van der Waals surface area contributed by atoms with Gasteiger partial charge in [0.25, 0.3) is 5.91 Å². The normalized spacial score (nSPS) is 11.4. The van der Waals surface area contributed by atoms with Gasteiger partial charge < -0.3 is 10.0 Å². The molecule has 0 bridgehead atoms. The van der Waals surface area contributed by atoms with E-state index in [1.165, 1.54) is 24.1 Å². The average Bonchev–Trinajstić information content (AvgIpc) is 2.14. The van der Waals surface area contributed by atoms with Crippen LogP contribution >= 0.6 is 11.6 Å². The maximum atomic E-state index is 13.5. The van der Waals surface area contributed by atoms with E-state index in [9.17, 15) is 14.3 Å². The molecule has 5 heteroatoms. The number of carbonyl (C=O) groups is 1. The molecule has 0 aromatic heterocycles. The summed E-state index contributed by atoms with van der Waals surface area (Å²) < 4.78 is 13.5. The third-order valence-corrected chi connectivity index (χ3v) is 2.37. The predicted molar refractivity (Wildman–Crippen MR) is 64.7 cm³/mol. The zero-order valence-corrected chi connectivity index (χ0v) is 10.8. The summed E-state index contributed by atoms with van der Waals surface area (Å²) in [4.78, 5) is 13.2. The number of hydrogen-bond acceptors (Lipinski definition) is 2. The second-order valence-electron chi connectivity index (χ2n) is 4.60. The van der Waals surface area contributed by atoms with Crippen LogP contribution in [0.25, 0.3) is 0 Å². The van der Waals surface area contributed by atoms with Crippen LogP contribution in [-0.2, 0) is 0 Å². The van der Waals surface area contributed by atoms with Crippen LogP contribution in [-0.4, -0.2) is 35.1 Å². The molecular formula is C12H15ClFNO2. The molecule has 1 aromatic carbocycles. The molecule has 0 unspecified atom stereocenters. The Labute approximate surface area is 105 Å². The molecule has 94 valence electrons. The van der Waals surface area contributed by atoms with Crippen molar-refractivity contribution in [3.05, 3.63) is 34.6 Å². The summed E-state index contributed by atoms with van der Waals surface area (Å²) in [5.74, 6) is -1.15. The summed E-state index contributed by atoms with van der Waals surface area (Å²) in [5.41, 5.74) is -1.08. The van der Waals surface area contributed by atoms with Crippen LogP contribution in [0, 0.1) is 5.82 Å². The van der Waals surface area contributed by atoms with Gasteiger partial charge in [0.05, 0.1) is 11.2 Å². The highest BCUT2D eigenvalue weighted by Gasteiger charge is 2.22. The Morgan fingerprint density at radius 3 is 2.59 bits per heavy atom. The van der Waals surface area contributed by atoms with Crippen molar-refractivity contribution in [2.75, 3.05) is 13.6 Å². The van der Waals surface area contributed by atoms with Gasteiger partial charge in [-0.2, -0.15) is 0 Å². The number of carbonyl (C=O) groups excluding carboxylic acids is 1. The van der Waals surface area contributed by atoms with Gasteiger partial charge in [-0.15, -0.1) is 0 Å². The number of rotatable bonds is 3. The van der Waals surface area contributed by atoms with Crippen LogP contribution in [0.4, 0.5) is 4.39 Å². The van der Waals surface area contributed by atoms with Gasteiger partial charge in [0.15, 0.2) is 0 Å². The Balaban J connectivity index is 2.89. The summed E-state index contributed by atoms with van der Waals surface area (Å²) in [7, 11) is 1.51. The highest BCUT2D eigenvalue weighted by atomic mass is 35.5. The fraction of sp³-hybridized carbons (Fsp3) is 0.417. The minimum Gasteiger partial charge on any atom is -0.389 e.